The first-order chi connectivity index (χ1) is 15.6. The average molecular weight is 456 g/mol. The summed E-state index contributed by atoms with van der Waals surface area (Å²) < 4.78 is 30.6. The molecule has 0 spiro atoms. The molecule has 0 bridgehead atoms. The van der Waals surface area contributed by atoms with E-state index in [0.717, 1.165) is 0 Å². The Labute approximate surface area is 188 Å². The molecule has 1 aliphatic rings. The van der Waals surface area contributed by atoms with Crippen molar-refractivity contribution in [3.8, 4) is 5.88 Å². The highest BCUT2D eigenvalue weighted by atomic mass is 32.1. The van der Waals surface area contributed by atoms with Crippen molar-refractivity contribution in [2.75, 3.05) is 31.1 Å². The second kappa shape index (κ2) is 8.48. The van der Waals surface area contributed by atoms with E-state index in [9.17, 15) is 13.9 Å². The number of aromatic nitrogens is 3. The molecule has 6 nitrogen and oxygen atoms in total. The second-order valence-electron chi connectivity index (χ2n) is 7.76. The highest BCUT2D eigenvalue weighted by molar-refractivity contribution is 7.17. The first kappa shape index (κ1) is 20.8. The van der Waals surface area contributed by atoms with Crippen molar-refractivity contribution >= 4 is 22.0 Å². The molecule has 3 heterocycles. The topological polar surface area (TPSA) is 56.9 Å². The number of aryl methyl sites for hydroxylation is 1. The van der Waals surface area contributed by atoms with Crippen LogP contribution in [0.1, 0.15) is 29.2 Å². The minimum absolute atomic E-state index is 0.0120. The number of halogens is 2. The van der Waals surface area contributed by atoms with Gasteiger partial charge in [0.1, 0.15) is 11.6 Å². The minimum atomic E-state index is -0.488. The Kier molecular flexibility index (Phi) is 5.52. The molecule has 1 unspecified atom stereocenters. The number of thiazole rings is 1. The van der Waals surface area contributed by atoms with E-state index in [1.807, 2.05) is 17.9 Å². The molecule has 5 rings (SSSR count). The fraction of sp³-hybridized carbons (Fsp3) is 0.304. The third-order valence-corrected chi connectivity index (χ3v) is 6.95. The van der Waals surface area contributed by atoms with Gasteiger partial charge in [-0.2, -0.15) is 4.52 Å². The van der Waals surface area contributed by atoms with Crippen molar-refractivity contribution in [2.45, 2.75) is 19.4 Å². The Balaban J connectivity index is 1.50. The van der Waals surface area contributed by atoms with Crippen molar-refractivity contribution < 1.29 is 13.9 Å². The lowest BCUT2D eigenvalue weighted by Gasteiger charge is -2.40. The Morgan fingerprint density at radius 1 is 1.00 bits per heavy atom. The number of hydrogen-bond acceptors (Lipinski definition) is 6. The monoisotopic (exact) mass is 455 g/mol. The number of para-hydroxylation sites is 1. The quantitative estimate of drug-likeness (QED) is 0.488. The van der Waals surface area contributed by atoms with Gasteiger partial charge in [-0.1, -0.05) is 48.6 Å². The summed E-state index contributed by atoms with van der Waals surface area (Å²) in [7, 11) is 0. The average Bonchev–Trinajstić information content (AvgIpc) is 3.35. The predicted octanol–water partition coefficient (Wildman–Crippen LogP) is 4.25. The molecule has 9 heteroatoms. The van der Waals surface area contributed by atoms with Crippen LogP contribution in [0.15, 0.2) is 48.5 Å². The molecule has 2 aromatic carbocycles. The Hall–Kier alpha value is -3.04. The van der Waals surface area contributed by atoms with E-state index in [1.165, 1.54) is 28.0 Å². The van der Waals surface area contributed by atoms with Gasteiger partial charge in [0.2, 0.25) is 10.8 Å². The highest BCUT2D eigenvalue weighted by Gasteiger charge is 2.33. The van der Waals surface area contributed by atoms with Gasteiger partial charge >= 0.3 is 0 Å². The Bertz CT molecular complexity index is 1250. The number of hydrogen-bond donors (Lipinski definition) is 1. The molecular formula is C23H23F2N5OS. The van der Waals surface area contributed by atoms with E-state index in [1.54, 1.807) is 30.3 Å². The SMILES string of the molecule is CCc1nc2sc(C(c3ccccc3F)N3CCN(c4ccccc4F)CC3)c(O)n2n1. The molecule has 1 aliphatic heterocycles. The minimum Gasteiger partial charge on any atom is -0.492 e. The number of rotatable bonds is 5. The largest absolute Gasteiger partial charge is 0.492 e. The summed E-state index contributed by atoms with van der Waals surface area (Å²) in [6.45, 7) is 4.30. The Morgan fingerprint density at radius 2 is 1.69 bits per heavy atom. The van der Waals surface area contributed by atoms with Crippen LogP contribution in [0.5, 0.6) is 5.88 Å². The van der Waals surface area contributed by atoms with Gasteiger partial charge in [0.05, 0.1) is 16.6 Å². The van der Waals surface area contributed by atoms with Gasteiger partial charge in [0.15, 0.2) is 5.82 Å². The third kappa shape index (κ3) is 3.61. The van der Waals surface area contributed by atoms with Gasteiger partial charge in [0.25, 0.3) is 0 Å². The number of nitrogens with zero attached hydrogens (tertiary/aromatic N) is 5. The van der Waals surface area contributed by atoms with Gasteiger partial charge in [-0.3, -0.25) is 4.90 Å². The summed E-state index contributed by atoms with van der Waals surface area (Å²) in [6, 6.07) is 12.9. The number of fused-ring (bicyclic) bond motifs is 1. The maximum atomic E-state index is 14.9. The summed E-state index contributed by atoms with van der Waals surface area (Å²) in [5.41, 5.74) is 1.06. The molecule has 4 aromatic rings. The van der Waals surface area contributed by atoms with E-state index in [-0.39, 0.29) is 17.5 Å². The fourth-order valence-electron chi connectivity index (χ4n) is 4.25. The molecule has 1 N–H and O–H groups in total. The summed E-state index contributed by atoms with van der Waals surface area (Å²) in [6.07, 6.45) is 0.665. The molecule has 32 heavy (non-hydrogen) atoms. The van der Waals surface area contributed by atoms with Crippen LogP contribution in [0, 0.1) is 11.6 Å². The van der Waals surface area contributed by atoms with Crippen LogP contribution in [0.3, 0.4) is 0 Å². The van der Waals surface area contributed by atoms with Crippen LogP contribution < -0.4 is 4.90 Å². The van der Waals surface area contributed by atoms with Crippen LogP contribution in [-0.2, 0) is 6.42 Å². The summed E-state index contributed by atoms with van der Waals surface area (Å²) >= 11 is 1.32. The van der Waals surface area contributed by atoms with Crippen molar-refractivity contribution in [3.05, 3.63) is 76.4 Å². The van der Waals surface area contributed by atoms with Crippen LogP contribution in [0.4, 0.5) is 14.5 Å². The first-order valence-corrected chi connectivity index (χ1v) is 11.4. The molecule has 0 saturated carbocycles. The summed E-state index contributed by atoms with van der Waals surface area (Å²) in [5, 5.41) is 15.3. The zero-order valence-electron chi connectivity index (χ0n) is 17.6. The number of aromatic hydroxyl groups is 1. The lowest BCUT2D eigenvalue weighted by atomic mass is 10.0. The fourth-order valence-corrected chi connectivity index (χ4v) is 5.38. The van der Waals surface area contributed by atoms with Gasteiger partial charge in [-0.05, 0) is 18.2 Å². The molecule has 2 aromatic heterocycles. The molecule has 0 radical (unpaired) electrons. The lowest BCUT2D eigenvalue weighted by Crippen LogP contribution is -2.48. The van der Waals surface area contributed by atoms with Crippen molar-refractivity contribution in [1.29, 1.82) is 0 Å². The van der Waals surface area contributed by atoms with E-state index in [4.69, 9.17) is 0 Å². The number of benzene rings is 2. The highest BCUT2D eigenvalue weighted by Crippen LogP contribution is 2.41. The van der Waals surface area contributed by atoms with Gasteiger partial charge in [-0.15, -0.1) is 5.10 Å². The molecule has 166 valence electrons. The van der Waals surface area contributed by atoms with E-state index >= 15 is 0 Å². The molecule has 1 fully saturated rings. The lowest BCUT2D eigenvalue weighted by molar-refractivity contribution is 0.207. The standard InChI is InChI=1S/C23H23F2N5OS/c1-2-19-26-23-30(27-19)22(31)21(32-23)20(15-7-3-4-8-16(15)24)29-13-11-28(12-14-29)18-10-6-5-9-17(18)25/h3-10,20,31H,2,11-14H2,1H3. The maximum Gasteiger partial charge on any atom is 0.230 e. The van der Waals surface area contributed by atoms with Crippen molar-refractivity contribution in [3.63, 3.8) is 0 Å². The molecular weight excluding hydrogens is 432 g/mol. The summed E-state index contributed by atoms with van der Waals surface area (Å²) in [5.74, 6) is 0.0595. The van der Waals surface area contributed by atoms with Gasteiger partial charge in [-0.25, -0.2) is 13.8 Å². The van der Waals surface area contributed by atoms with Crippen molar-refractivity contribution in [2.24, 2.45) is 0 Å². The molecule has 1 atom stereocenters. The maximum absolute atomic E-state index is 14.9. The van der Waals surface area contributed by atoms with E-state index in [0.29, 0.717) is 59.5 Å². The van der Waals surface area contributed by atoms with Crippen molar-refractivity contribution in [1.82, 2.24) is 19.5 Å². The van der Waals surface area contributed by atoms with Gasteiger partial charge < -0.3 is 10.0 Å². The van der Waals surface area contributed by atoms with Crippen LogP contribution in [-0.4, -0.2) is 50.8 Å². The van der Waals surface area contributed by atoms with E-state index in [2.05, 4.69) is 15.0 Å². The zero-order chi connectivity index (χ0) is 22.2. The second-order valence-corrected chi connectivity index (χ2v) is 8.77. The third-order valence-electron chi connectivity index (χ3n) is 5.88. The predicted molar refractivity (Wildman–Crippen MR) is 120 cm³/mol. The van der Waals surface area contributed by atoms with E-state index < -0.39 is 6.04 Å². The van der Waals surface area contributed by atoms with Crippen LogP contribution in [0.2, 0.25) is 0 Å². The van der Waals surface area contributed by atoms with Crippen LogP contribution >= 0.6 is 11.3 Å². The molecule has 0 amide bonds. The summed E-state index contributed by atoms with van der Waals surface area (Å²) in [4.78, 5) is 9.78. The molecule has 0 aliphatic carbocycles. The smallest absolute Gasteiger partial charge is 0.230 e. The zero-order valence-corrected chi connectivity index (χ0v) is 18.4. The van der Waals surface area contributed by atoms with Gasteiger partial charge in [0, 0.05) is 38.2 Å². The Morgan fingerprint density at radius 3 is 2.34 bits per heavy atom. The number of piperazine rings is 1. The molecule has 1 saturated heterocycles. The van der Waals surface area contributed by atoms with Crippen LogP contribution in [0.25, 0.3) is 4.96 Å². The number of anilines is 1. The normalized spacial score (nSPS) is 16.0. The first-order valence-electron chi connectivity index (χ1n) is 10.6.